The highest BCUT2D eigenvalue weighted by Gasteiger charge is 2.75. The first-order chi connectivity index (χ1) is 16.8. The van der Waals surface area contributed by atoms with Gasteiger partial charge in [-0.1, -0.05) is 45.8 Å². The highest BCUT2D eigenvalue weighted by atomic mass is 16.6. The van der Waals surface area contributed by atoms with Crippen LogP contribution in [0.25, 0.3) is 0 Å². The predicted octanol–water partition coefficient (Wildman–Crippen LogP) is 2.70. The Morgan fingerprint density at radius 3 is 2.66 bits per heavy atom. The number of rotatable bonds is 14. The minimum atomic E-state index is -1.09. The van der Waals surface area contributed by atoms with Crippen LogP contribution in [0.3, 0.4) is 0 Å². The normalized spacial score (nSPS) is 29.9. The van der Waals surface area contributed by atoms with Crippen molar-refractivity contribution >= 4 is 17.8 Å². The van der Waals surface area contributed by atoms with E-state index >= 15 is 0 Å². The number of aliphatic hydroxyl groups excluding tert-OH is 1. The topological polar surface area (TPSA) is 96.4 Å². The molecule has 2 unspecified atom stereocenters. The lowest BCUT2D eigenvalue weighted by molar-refractivity contribution is -0.157. The Kier molecular flexibility index (Phi) is 9.16. The molecule has 8 heteroatoms. The van der Waals surface area contributed by atoms with Crippen LogP contribution < -0.4 is 0 Å². The molecule has 35 heavy (non-hydrogen) atoms. The lowest BCUT2D eigenvalue weighted by Gasteiger charge is -2.40. The van der Waals surface area contributed by atoms with Gasteiger partial charge in [0.1, 0.15) is 11.6 Å². The Morgan fingerprint density at radius 1 is 1.31 bits per heavy atom. The highest BCUT2D eigenvalue weighted by molar-refractivity contribution is 5.98. The van der Waals surface area contributed by atoms with Crippen molar-refractivity contribution in [3.63, 3.8) is 0 Å². The van der Waals surface area contributed by atoms with Crippen LogP contribution in [0.4, 0.5) is 0 Å². The molecular formula is C27H42N2O6. The van der Waals surface area contributed by atoms with E-state index in [4.69, 9.17) is 9.47 Å². The second-order valence-corrected chi connectivity index (χ2v) is 10.3. The summed E-state index contributed by atoms with van der Waals surface area (Å²) in [4.78, 5) is 44.5. The Bertz CT molecular complexity index is 813. The Balaban J connectivity index is 2.01. The molecule has 2 bridgehead atoms. The molecule has 3 fully saturated rings. The predicted molar refractivity (Wildman–Crippen MR) is 132 cm³/mol. The first-order valence-corrected chi connectivity index (χ1v) is 13.1. The standard InChI is InChI=1S/C27H42N2O6/c1-6-9-11-15-28(14-8-3)25(32)23-27-13-12-20(35-27)21(26(33)34-16-10-7-2)22(27)24(31)29(23)19(17-30)18(4)5/h7-8,18-23,30H,2-3,6,9-17H2,1,4-5H3/t19-,20+,21-,22-,23?,27?/m0/s1. The number of carbonyl (C=O) groups is 3. The first kappa shape index (κ1) is 27.4. The van der Waals surface area contributed by atoms with Crippen LogP contribution in [-0.2, 0) is 23.9 Å². The number of likely N-dealkylation sites (tertiary alicyclic amines) is 1. The SMILES string of the molecule is C=CCCOC(=O)[C@@H]1[C@H]2C(=O)N([C@@H](CO)C(C)C)C(C(=O)N(CC=C)CCCCC)C23CC[C@H]1O3. The van der Waals surface area contributed by atoms with Gasteiger partial charge in [-0.05, 0) is 31.6 Å². The van der Waals surface area contributed by atoms with Gasteiger partial charge in [0.15, 0.2) is 0 Å². The van der Waals surface area contributed by atoms with Gasteiger partial charge in [0, 0.05) is 13.1 Å². The molecule has 0 saturated carbocycles. The van der Waals surface area contributed by atoms with Gasteiger partial charge in [0.2, 0.25) is 11.8 Å². The van der Waals surface area contributed by atoms with Crippen molar-refractivity contribution in [1.29, 1.82) is 0 Å². The van der Waals surface area contributed by atoms with Gasteiger partial charge in [-0.3, -0.25) is 14.4 Å². The zero-order chi connectivity index (χ0) is 25.8. The van der Waals surface area contributed by atoms with E-state index < -0.39 is 41.6 Å². The van der Waals surface area contributed by atoms with Crippen molar-refractivity contribution in [2.24, 2.45) is 17.8 Å². The van der Waals surface area contributed by atoms with Crippen LogP contribution in [-0.4, -0.2) is 82.8 Å². The number of hydrogen-bond acceptors (Lipinski definition) is 6. The lowest BCUT2D eigenvalue weighted by Crippen LogP contribution is -2.59. The fraction of sp³-hybridized carbons (Fsp3) is 0.741. The molecule has 0 aromatic rings. The molecule has 0 radical (unpaired) electrons. The van der Waals surface area contributed by atoms with E-state index in [9.17, 15) is 19.5 Å². The van der Waals surface area contributed by atoms with E-state index in [1.807, 2.05) is 13.8 Å². The average Bonchev–Trinajstić information content (AvgIpc) is 3.46. The van der Waals surface area contributed by atoms with Crippen molar-refractivity contribution in [1.82, 2.24) is 9.80 Å². The Labute approximate surface area is 209 Å². The van der Waals surface area contributed by atoms with E-state index in [2.05, 4.69) is 20.1 Å². The molecule has 0 aliphatic carbocycles. The van der Waals surface area contributed by atoms with Crippen molar-refractivity contribution in [3.8, 4) is 0 Å². The van der Waals surface area contributed by atoms with Crippen LogP contribution >= 0.6 is 0 Å². The molecule has 3 heterocycles. The van der Waals surface area contributed by atoms with Crippen molar-refractivity contribution in [2.75, 3.05) is 26.3 Å². The van der Waals surface area contributed by atoms with Crippen LogP contribution in [0.5, 0.6) is 0 Å². The zero-order valence-electron chi connectivity index (χ0n) is 21.5. The lowest BCUT2D eigenvalue weighted by atomic mass is 9.70. The molecule has 8 nitrogen and oxygen atoms in total. The molecule has 0 aromatic heterocycles. The highest BCUT2D eigenvalue weighted by Crippen LogP contribution is 2.59. The number of nitrogens with zero attached hydrogens (tertiary/aromatic N) is 2. The van der Waals surface area contributed by atoms with Gasteiger partial charge in [0.25, 0.3) is 0 Å². The molecule has 3 aliphatic rings. The fourth-order valence-corrected chi connectivity index (χ4v) is 6.13. The zero-order valence-corrected chi connectivity index (χ0v) is 21.5. The molecule has 3 rings (SSSR count). The van der Waals surface area contributed by atoms with Crippen LogP contribution in [0, 0.1) is 17.8 Å². The van der Waals surface area contributed by atoms with E-state index in [0.29, 0.717) is 32.4 Å². The molecule has 0 aromatic carbocycles. The second-order valence-electron chi connectivity index (χ2n) is 10.3. The van der Waals surface area contributed by atoms with E-state index in [1.165, 1.54) is 0 Å². The van der Waals surface area contributed by atoms with Crippen LogP contribution in [0.2, 0.25) is 0 Å². The van der Waals surface area contributed by atoms with E-state index in [-0.39, 0.29) is 30.9 Å². The number of esters is 1. The number of carbonyl (C=O) groups excluding carboxylic acids is 3. The molecule has 2 amide bonds. The fourth-order valence-electron chi connectivity index (χ4n) is 6.13. The Morgan fingerprint density at radius 2 is 2.06 bits per heavy atom. The summed E-state index contributed by atoms with van der Waals surface area (Å²) in [6, 6.07) is -1.45. The van der Waals surface area contributed by atoms with Crippen molar-refractivity contribution in [3.05, 3.63) is 25.3 Å². The largest absolute Gasteiger partial charge is 0.465 e. The average molecular weight is 491 g/mol. The molecule has 1 spiro atoms. The maximum Gasteiger partial charge on any atom is 0.312 e. The molecule has 6 atom stereocenters. The number of fused-ring (bicyclic) bond motifs is 1. The van der Waals surface area contributed by atoms with Gasteiger partial charge in [-0.15, -0.1) is 13.2 Å². The first-order valence-electron chi connectivity index (χ1n) is 13.1. The van der Waals surface area contributed by atoms with Gasteiger partial charge < -0.3 is 24.4 Å². The minimum Gasteiger partial charge on any atom is -0.465 e. The number of ether oxygens (including phenoxy) is 2. The van der Waals surface area contributed by atoms with Gasteiger partial charge in [-0.2, -0.15) is 0 Å². The number of hydrogen-bond donors (Lipinski definition) is 1. The summed E-state index contributed by atoms with van der Waals surface area (Å²) < 4.78 is 11.9. The third-order valence-corrected chi connectivity index (χ3v) is 7.82. The number of aliphatic hydroxyl groups is 1. The maximum absolute atomic E-state index is 14.1. The Hall–Kier alpha value is -2.19. The van der Waals surface area contributed by atoms with Crippen LogP contribution in [0.15, 0.2) is 25.3 Å². The molecular weight excluding hydrogens is 448 g/mol. The maximum atomic E-state index is 14.1. The van der Waals surface area contributed by atoms with E-state index in [0.717, 1.165) is 19.3 Å². The molecule has 3 aliphatic heterocycles. The monoisotopic (exact) mass is 490 g/mol. The third kappa shape index (κ3) is 4.92. The summed E-state index contributed by atoms with van der Waals surface area (Å²) in [6.45, 7) is 14.3. The van der Waals surface area contributed by atoms with Gasteiger partial charge in [0.05, 0.1) is 37.2 Å². The van der Waals surface area contributed by atoms with Gasteiger partial charge >= 0.3 is 5.97 Å². The molecule has 3 saturated heterocycles. The summed E-state index contributed by atoms with van der Waals surface area (Å²) in [5.74, 6) is -2.58. The number of amides is 2. The number of unbranched alkanes of at least 4 members (excludes halogenated alkanes) is 2. The van der Waals surface area contributed by atoms with Crippen molar-refractivity contribution in [2.45, 2.75) is 83.1 Å². The summed E-state index contributed by atoms with van der Waals surface area (Å²) in [6.07, 6.45) is 7.41. The minimum absolute atomic E-state index is 0.0855. The summed E-state index contributed by atoms with van der Waals surface area (Å²) in [5.41, 5.74) is -1.09. The summed E-state index contributed by atoms with van der Waals surface area (Å²) in [5, 5.41) is 10.3. The van der Waals surface area contributed by atoms with Crippen molar-refractivity contribution < 1.29 is 29.0 Å². The van der Waals surface area contributed by atoms with E-state index in [1.54, 1.807) is 22.0 Å². The quantitative estimate of drug-likeness (QED) is 0.229. The second kappa shape index (κ2) is 11.7. The van der Waals surface area contributed by atoms with Crippen LogP contribution in [0.1, 0.15) is 59.3 Å². The third-order valence-electron chi connectivity index (χ3n) is 7.82. The summed E-state index contributed by atoms with van der Waals surface area (Å²) in [7, 11) is 0. The smallest absolute Gasteiger partial charge is 0.312 e. The molecule has 196 valence electrons. The molecule has 1 N–H and O–H groups in total. The summed E-state index contributed by atoms with van der Waals surface area (Å²) >= 11 is 0. The van der Waals surface area contributed by atoms with Gasteiger partial charge in [-0.25, -0.2) is 0 Å².